The molecular formula is C15H14FN. The third-order valence-electron chi connectivity index (χ3n) is 3.35. The Balaban J connectivity index is 1.87. The molecule has 2 aromatic carbocycles. The number of halogens is 1. The zero-order valence-electron chi connectivity index (χ0n) is 9.49. The van der Waals surface area contributed by atoms with Crippen molar-refractivity contribution in [2.75, 3.05) is 0 Å². The monoisotopic (exact) mass is 227 g/mol. The molecule has 0 saturated heterocycles. The number of rotatable bonds is 2. The van der Waals surface area contributed by atoms with E-state index in [1.54, 1.807) is 6.07 Å². The second-order valence-electron chi connectivity index (χ2n) is 4.43. The maximum absolute atomic E-state index is 13.6. The molecule has 0 radical (unpaired) electrons. The molecule has 1 N–H and O–H groups in total. The number of hydrogen-bond donors (Lipinski definition) is 1. The number of nitrogens with one attached hydrogen (secondary N) is 1. The van der Waals surface area contributed by atoms with Gasteiger partial charge in [0.2, 0.25) is 0 Å². The predicted octanol–water partition coefficient (Wildman–Crippen LogP) is 3.21. The van der Waals surface area contributed by atoms with Gasteiger partial charge in [-0.05, 0) is 29.2 Å². The van der Waals surface area contributed by atoms with E-state index in [1.165, 1.54) is 17.2 Å². The summed E-state index contributed by atoms with van der Waals surface area (Å²) < 4.78 is 13.6. The van der Waals surface area contributed by atoms with E-state index in [0.717, 1.165) is 12.1 Å². The molecule has 0 fully saturated rings. The topological polar surface area (TPSA) is 12.0 Å². The Labute approximate surface area is 100 Å². The van der Waals surface area contributed by atoms with E-state index >= 15 is 0 Å². The maximum Gasteiger partial charge on any atom is 0.126 e. The van der Waals surface area contributed by atoms with Crippen molar-refractivity contribution in [2.24, 2.45) is 0 Å². The molecule has 1 unspecified atom stereocenters. The van der Waals surface area contributed by atoms with Crippen LogP contribution < -0.4 is 5.32 Å². The highest BCUT2D eigenvalue weighted by atomic mass is 19.1. The van der Waals surface area contributed by atoms with Crippen LogP contribution >= 0.6 is 0 Å². The van der Waals surface area contributed by atoms with Crippen LogP contribution in [0.2, 0.25) is 0 Å². The largest absolute Gasteiger partial charge is 0.306 e. The SMILES string of the molecule is Fc1ccccc1CC1NCc2ccccc21. The predicted molar refractivity (Wildman–Crippen MR) is 66.1 cm³/mol. The van der Waals surface area contributed by atoms with Crippen molar-refractivity contribution in [3.63, 3.8) is 0 Å². The molecule has 1 heterocycles. The van der Waals surface area contributed by atoms with Crippen molar-refractivity contribution in [1.29, 1.82) is 0 Å². The summed E-state index contributed by atoms with van der Waals surface area (Å²) in [7, 11) is 0. The minimum atomic E-state index is -0.112. The quantitative estimate of drug-likeness (QED) is 0.830. The summed E-state index contributed by atoms with van der Waals surface area (Å²) in [5, 5.41) is 3.43. The Kier molecular flexibility index (Phi) is 2.65. The highest BCUT2D eigenvalue weighted by Gasteiger charge is 2.21. The van der Waals surface area contributed by atoms with Crippen LogP contribution in [0.3, 0.4) is 0 Å². The molecule has 0 aromatic heterocycles. The summed E-state index contributed by atoms with van der Waals surface area (Å²) in [5.41, 5.74) is 3.41. The Morgan fingerprint density at radius 1 is 1.06 bits per heavy atom. The van der Waals surface area contributed by atoms with E-state index in [2.05, 4.69) is 17.4 Å². The first-order chi connectivity index (χ1) is 8.34. The summed E-state index contributed by atoms with van der Waals surface area (Å²) in [6, 6.07) is 15.6. The lowest BCUT2D eigenvalue weighted by molar-refractivity contribution is 0.549. The molecule has 3 rings (SSSR count). The molecule has 0 aliphatic carbocycles. The minimum absolute atomic E-state index is 0.112. The number of fused-ring (bicyclic) bond motifs is 1. The lowest BCUT2D eigenvalue weighted by Gasteiger charge is -2.12. The van der Waals surface area contributed by atoms with Gasteiger partial charge >= 0.3 is 0 Å². The molecule has 17 heavy (non-hydrogen) atoms. The second-order valence-corrected chi connectivity index (χ2v) is 4.43. The molecule has 2 heteroatoms. The van der Waals surface area contributed by atoms with Crippen LogP contribution in [0, 0.1) is 5.82 Å². The average molecular weight is 227 g/mol. The van der Waals surface area contributed by atoms with Gasteiger partial charge < -0.3 is 5.32 Å². The van der Waals surface area contributed by atoms with E-state index in [-0.39, 0.29) is 11.9 Å². The summed E-state index contributed by atoms with van der Waals surface area (Å²) >= 11 is 0. The zero-order chi connectivity index (χ0) is 11.7. The van der Waals surface area contributed by atoms with Gasteiger partial charge in [-0.3, -0.25) is 0 Å². The first kappa shape index (κ1) is 10.5. The van der Waals surface area contributed by atoms with Gasteiger partial charge in [-0.25, -0.2) is 4.39 Å². The van der Waals surface area contributed by atoms with Crippen LogP contribution in [0.5, 0.6) is 0 Å². The van der Waals surface area contributed by atoms with Crippen molar-refractivity contribution in [3.05, 3.63) is 71.0 Å². The highest BCUT2D eigenvalue weighted by molar-refractivity contribution is 5.35. The zero-order valence-corrected chi connectivity index (χ0v) is 9.49. The van der Waals surface area contributed by atoms with Crippen molar-refractivity contribution in [2.45, 2.75) is 19.0 Å². The summed E-state index contributed by atoms with van der Waals surface area (Å²) in [5.74, 6) is -0.112. The summed E-state index contributed by atoms with van der Waals surface area (Å²) in [6.07, 6.45) is 0.712. The highest BCUT2D eigenvalue weighted by Crippen LogP contribution is 2.28. The summed E-state index contributed by atoms with van der Waals surface area (Å²) in [6.45, 7) is 0.884. The van der Waals surface area contributed by atoms with Gasteiger partial charge in [0.25, 0.3) is 0 Å². The molecule has 0 spiro atoms. The first-order valence-corrected chi connectivity index (χ1v) is 5.89. The Morgan fingerprint density at radius 2 is 1.82 bits per heavy atom. The van der Waals surface area contributed by atoms with Crippen molar-refractivity contribution in [3.8, 4) is 0 Å². The van der Waals surface area contributed by atoms with Crippen LogP contribution in [-0.4, -0.2) is 0 Å². The van der Waals surface area contributed by atoms with Gasteiger partial charge in [-0.2, -0.15) is 0 Å². The van der Waals surface area contributed by atoms with Gasteiger partial charge in [0, 0.05) is 12.6 Å². The Bertz CT molecular complexity index is 536. The normalized spacial score (nSPS) is 18.1. The molecule has 1 aliphatic rings. The maximum atomic E-state index is 13.6. The lowest BCUT2D eigenvalue weighted by atomic mass is 9.98. The fourth-order valence-corrected chi connectivity index (χ4v) is 2.44. The summed E-state index contributed by atoms with van der Waals surface area (Å²) in [4.78, 5) is 0. The van der Waals surface area contributed by atoms with Crippen LogP contribution in [-0.2, 0) is 13.0 Å². The van der Waals surface area contributed by atoms with Crippen LogP contribution in [0.15, 0.2) is 48.5 Å². The molecule has 0 amide bonds. The van der Waals surface area contributed by atoms with Crippen molar-refractivity contribution >= 4 is 0 Å². The molecule has 1 atom stereocenters. The molecular weight excluding hydrogens is 213 g/mol. The Morgan fingerprint density at radius 3 is 2.71 bits per heavy atom. The van der Waals surface area contributed by atoms with E-state index < -0.39 is 0 Å². The van der Waals surface area contributed by atoms with Crippen molar-refractivity contribution < 1.29 is 4.39 Å². The third-order valence-corrected chi connectivity index (χ3v) is 3.35. The Hall–Kier alpha value is -1.67. The number of hydrogen-bond acceptors (Lipinski definition) is 1. The van der Waals surface area contributed by atoms with Gasteiger partial charge in [0.05, 0.1) is 0 Å². The second kappa shape index (κ2) is 4.30. The lowest BCUT2D eigenvalue weighted by Crippen LogP contribution is -2.15. The standard InChI is InChI=1S/C15H14FN/c16-14-8-4-2-5-11(14)9-15-13-7-3-1-6-12(13)10-17-15/h1-8,15,17H,9-10H2. The smallest absolute Gasteiger partial charge is 0.126 e. The van der Waals surface area contributed by atoms with Gasteiger partial charge in [-0.1, -0.05) is 42.5 Å². The van der Waals surface area contributed by atoms with Crippen molar-refractivity contribution in [1.82, 2.24) is 5.32 Å². The first-order valence-electron chi connectivity index (χ1n) is 5.89. The molecule has 2 aromatic rings. The third kappa shape index (κ3) is 1.96. The molecule has 86 valence electrons. The molecule has 1 nitrogen and oxygen atoms in total. The molecule has 0 saturated carbocycles. The van der Waals surface area contributed by atoms with E-state index in [0.29, 0.717) is 6.42 Å². The van der Waals surface area contributed by atoms with Crippen LogP contribution in [0.25, 0.3) is 0 Å². The van der Waals surface area contributed by atoms with Gasteiger partial charge in [-0.15, -0.1) is 0 Å². The average Bonchev–Trinajstić information content (AvgIpc) is 2.76. The van der Waals surface area contributed by atoms with Gasteiger partial charge in [0.15, 0.2) is 0 Å². The van der Waals surface area contributed by atoms with Crippen LogP contribution in [0.4, 0.5) is 4.39 Å². The number of benzene rings is 2. The minimum Gasteiger partial charge on any atom is -0.306 e. The molecule has 1 aliphatic heterocycles. The van der Waals surface area contributed by atoms with Crippen LogP contribution in [0.1, 0.15) is 22.7 Å². The van der Waals surface area contributed by atoms with E-state index in [4.69, 9.17) is 0 Å². The fourth-order valence-electron chi connectivity index (χ4n) is 2.44. The molecule has 0 bridgehead atoms. The fraction of sp³-hybridized carbons (Fsp3) is 0.200. The van der Waals surface area contributed by atoms with Gasteiger partial charge in [0.1, 0.15) is 5.82 Å². The van der Waals surface area contributed by atoms with E-state index in [1.807, 2.05) is 24.3 Å². The van der Waals surface area contributed by atoms with E-state index in [9.17, 15) is 4.39 Å².